The zero-order chi connectivity index (χ0) is 11.6. The molecule has 0 aromatic rings. The highest BCUT2D eigenvalue weighted by Crippen LogP contribution is 2.28. The Hall–Kier alpha value is 0.400. The van der Waals surface area contributed by atoms with Crippen LogP contribution in [-0.4, -0.2) is 35.1 Å². The maximum Gasteiger partial charge on any atom is 0.0292 e. The second-order valence-corrected chi connectivity index (χ2v) is 6.76. The first kappa shape index (κ1) is 14.5. The molecule has 16 heavy (non-hydrogen) atoms. The van der Waals surface area contributed by atoms with Gasteiger partial charge in [0.15, 0.2) is 0 Å². The molecule has 0 aliphatic carbocycles. The zero-order valence-electron chi connectivity index (χ0n) is 10.4. The molecule has 3 heteroatoms. The van der Waals surface area contributed by atoms with Gasteiger partial charge in [-0.05, 0) is 32.2 Å². The summed E-state index contributed by atoms with van der Waals surface area (Å²) >= 11 is 4.29. The van der Waals surface area contributed by atoms with Crippen LogP contribution in [0, 0.1) is 0 Å². The van der Waals surface area contributed by atoms with Crippen LogP contribution in [0.5, 0.6) is 0 Å². The molecule has 2 atom stereocenters. The van der Waals surface area contributed by atoms with Crippen molar-refractivity contribution in [3.63, 3.8) is 0 Å². The van der Waals surface area contributed by atoms with Crippen LogP contribution >= 0.6 is 23.5 Å². The number of allylic oxidation sites excluding steroid dienone is 1. The second kappa shape index (κ2) is 9.43. The minimum atomic E-state index is 0.720. The maximum absolute atomic E-state index is 3.80. The molecule has 1 nitrogen and oxygen atoms in total. The molecule has 1 aliphatic heterocycles. The number of hydrogen-bond donors (Lipinski definition) is 1. The number of thioether (sulfide) groups is 2. The van der Waals surface area contributed by atoms with Crippen LogP contribution < -0.4 is 5.32 Å². The zero-order valence-corrected chi connectivity index (χ0v) is 12.0. The Kier molecular flexibility index (Phi) is 8.52. The van der Waals surface area contributed by atoms with E-state index >= 15 is 0 Å². The molecule has 2 unspecified atom stereocenters. The highest BCUT2D eigenvalue weighted by atomic mass is 32.2. The summed E-state index contributed by atoms with van der Waals surface area (Å²) in [5.41, 5.74) is 0. The number of hydrogen-bond acceptors (Lipinski definition) is 3. The van der Waals surface area contributed by atoms with Crippen molar-refractivity contribution in [1.29, 1.82) is 0 Å². The van der Waals surface area contributed by atoms with E-state index in [-0.39, 0.29) is 0 Å². The summed E-state index contributed by atoms with van der Waals surface area (Å²) in [5.74, 6) is 4.01. The molecular weight excluding hydrogens is 234 g/mol. The third-order valence-electron chi connectivity index (χ3n) is 2.87. The van der Waals surface area contributed by atoms with Gasteiger partial charge in [0.1, 0.15) is 0 Å². The van der Waals surface area contributed by atoms with E-state index in [9.17, 15) is 0 Å². The van der Waals surface area contributed by atoms with Crippen molar-refractivity contribution in [2.45, 2.75) is 43.9 Å². The minimum absolute atomic E-state index is 0.720. The van der Waals surface area contributed by atoms with Gasteiger partial charge in [-0.2, -0.15) is 23.5 Å². The number of unbranched alkanes of at least 4 members (excludes halogenated alkanes) is 1. The van der Waals surface area contributed by atoms with E-state index < -0.39 is 0 Å². The van der Waals surface area contributed by atoms with Crippen molar-refractivity contribution in [2.24, 2.45) is 0 Å². The molecule has 1 aliphatic rings. The van der Waals surface area contributed by atoms with E-state index in [1.807, 2.05) is 6.08 Å². The van der Waals surface area contributed by atoms with Crippen LogP contribution in [-0.2, 0) is 0 Å². The van der Waals surface area contributed by atoms with Gasteiger partial charge in [0, 0.05) is 28.6 Å². The lowest BCUT2D eigenvalue weighted by atomic mass is 10.1. The van der Waals surface area contributed by atoms with Gasteiger partial charge < -0.3 is 5.32 Å². The van der Waals surface area contributed by atoms with Gasteiger partial charge >= 0.3 is 0 Å². The predicted octanol–water partition coefficient (Wildman–Crippen LogP) is 3.56. The molecule has 94 valence electrons. The van der Waals surface area contributed by atoms with Crippen LogP contribution in [0.2, 0.25) is 0 Å². The third kappa shape index (κ3) is 5.65. The lowest BCUT2D eigenvalue weighted by Crippen LogP contribution is -2.41. The lowest BCUT2D eigenvalue weighted by molar-refractivity contribution is 0.467. The Labute approximate surface area is 109 Å². The molecule has 0 bridgehead atoms. The molecule has 1 heterocycles. The number of rotatable bonds is 8. The first-order valence-electron chi connectivity index (χ1n) is 6.42. The summed E-state index contributed by atoms with van der Waals surface area (Å²) in [6, 6.07) is 0.720. The van der Waals surface area contributed by atoms with E-state index in [2.05, 4.69) is 42.3 Å². The molecule has 1 saturated heterocycles. The Bertz CT molecular complexity index is 179. The first-order valence-corrected chi connectivity index (χ1v) is 8.62. The van der Waals surface area contributed by atoms with Gasteiger partial charge in [0.25, 0.3) is 0 Å². The normalized spacial score (nSPS) is 22.9. The molecule has 0 amide bonds. The predicted molar refractivity (Wildman–Crippen MR) is 79.7 cm³/mol. The van der Waals surface area contributed by atoms with E-state index in [1.165, 1.54) is 43.1 Å². The van der Waals surface area contributed by atoms with E-state index in [0.717, 1.165) is 17.7 Å². The van der Waals surface area contributed by atoms with Crippen molar-refractivity contribution in [1.82, 2.24) is 5.32 Å². The molecule has 1 rings (SSSR count). The fraction of sp³-hybridized carbons (Fsp3) is 0.846. The second-order valence-electron chi connectivity index (χ2n) is 4.26. The molecular formula is C13H25NS2. The summed E-state index contributed by atoms with van der Waals surface area (Å²) in [5, 5.41) is 4.56. The summed E-state index contributed by atoms with van der Waals surface area (Å²) in [6.45, 7) is 7.22. The molecule has 0 aromatic carbocycles. The van der Waals surface area contributed by atoms with Crippen LogP contribution in [0.15, 0.2) is 12.7 Å². The van der Waals surface area contributed by atoms with Crippen LogP contribution in [0.1, 0.15) is 32.6 Å². The minimum Gasteiger partial charge on any atom is -0.313 e. The highest BCUT2D eigenvalue weighted by Gasteiger charge is 2.23. The van der Waals surface area contributed by atoms with Gasteiger partial charge in [0.2, 0.25) is 0 Å². The SMILES string of the molecule is C=CCCCC(NCCC)C1CSCCS1. The summed E-state index contributed by atoms with van der Waals surface area (Å²) in [4.78, 5) is 0. The third-order valence-corrected chi connectivity index (χ3v) is 5.79. The molecule has 0 radical (unpaired) electrons. The monoisotopic (exact) mass is 259 g/mol. The average Bonchev–Trinajstić information content (AvgIpc) is 2.35. The molecule has 0 aromatic heterocycles. The van der Waals surface area contributed by atoms with Gasteiger partial charge in [0.05, 0.1) is 0 Å². The van der Waals surface area contributed by atoms with Gasteiger partial charge in [-0.3, -0.25) is 0 Å². The van der Waals surface area contributed by atoms with Gasteiger partial charge in [-0.15, -0.1) is 6.58 Å². The molecule has 0 spiro atoms. The Morgan fingerprint density at radius 1 is 1.50 bits per heavy atom. The summed E-state index contributed by atoms with van der Waals surface area (Å²) in [7, 11) is 0. The molecule has 1 N–H and O–H groups in total. The van der Waals surface area contributed by atoms with Crippen molar-refractivity contribution < 1.29 is 0 Å². The Morgan fingerprint density at radius 2 is 2.38 bits per heavy atom. The smallest absolute Gasteiger partial charge is 0.0292 e. The van der Waals surface area contributed by atoms with Crippen molar-refractivity contribution in [2.75, 3.05) is 23.8 Å². The van der Waals surface area contributed by atoms with Crippen LogP contribution in [0.25, 0.3) is 0 Å². The van der Waals surface area contributed by atoms with Crippen LogP contribution in [0.4, 0.5) is 0 Å². The topological polar surface area (TPSA) is 12.0 Å². The lowest BCUT2D eigenvalue weighted by Gasteiger charge is -2.30. The average molecular weight is 259 g/mol. The van der Waals surface area contributed by atoms with Crippen molar-refractivity contribution in [3.05, 3.63) is 12.7 Å². The van der Waals surface area contributed by atoms with E-state index in [4.69, 9.17) is 0 Å². The molecule has 1 fully saturated rings. The fourth-order valence-electron chi connectivity index (χ4n) is 1.97. The fourth-order valence-corrected chi connectivity index (χ4v) is 4.90. The highest BCUT2D eigenvalue weighted by molar-refractivity contribution is 8.06. The van der Waals surface area contributed by atoms with E-state index in [1.54, 1.807) is 0 Å². The summed E-state index contributed by atoms with van der Waals surface area (Å²) < 4.78 is 0. The first-order chi connectivity index (χ1) is 7.88. The van der Waals surface area contributed by atoms with Crippen molar-refractivity contribution in [3.8, 4) is 0 Å². The quantitative estimate of drug-likeness (QED) is 0.529. The maximum atomic E-state index is 3.80. The van der Waals surface area contributed by atoms with Crippen LogP contribution in [0.3, 0.4) is 0 Å². The Morgan fingerprint density at radius 3 is 3.00 bits per heavy atom. The van der Waals surface area contributed by atoms with E-state index in [0.29, 0.717) is 0 Å². The van der Waals surface area contributed by atoms with Gasteiger partial charge in [-0.1, -0.05) is 13.0 Å². The Balaban J connectivity index is 2.31. The molecule has 0 saturated carbocycles. The van der Waals surface area contributed by atoms with Gasteiger partial charge in [-0.25, -0.2) is 0 Å². The standard InChI is InChI=1S/C13H25NS2/c1-3-5-6-7-12(14-8-4-2)13-11-15-9-10-16-13/h3,12-14H,1,4-11H2,2H3. The largest absolute Gasteiger partial charge is 0.313 e. The van der Waals surface area contributed by atoms with Crippen molar-refractivity contribution >= 4 is 23.5 Å². The number of nitrogens with one attached hydrogen (secondary N) is 1. The summed E-state index contributed by atoms with van der Waals surface area (Å²) in [6.07, 6.45) is 7.04.